The highest BCUT2D eigenvalue weighted by Gasteiger charge is 2.60. The molecule has 1 aromatic heterocycles. The maximum absolute atomic E-state index is 11.6. The average molecular weight is 297 g/mol. The van der Waals surface area contributed by atoms with E-state index >= 15 is 0 Å². The van der Waals surface area contributed by atoms with Gasteiger partial charge >= 0.3 is 15.2 Å². The zero-order valence-corrected chi connectivity index (χ0v) is 11.2. The minimum atomic E-state index is -5.31. The molecule has 18 heavy (non-hydrogen) atoms. The third-order valence-corrected chi connectivity index (χ3v) is 6.50. The van der Waals surface area contributed by atoms with Crippen LogP contribution in [0, 0.1) is 0 Å². The predicted molar refractivity (Wildman–Crippen MR) is 61.8 cm³/mol. The molecule has 0 spiro atoms. The molecule has 0 aliphatic rings. The van der Waals surface area contributed by atoms with Crippen LogP contribution in [0.25, 0.3) is 0 Å². The van der Waals surface area contributed by atoms with Crippen LogP contribution in [0.5, 0.6) is 0 Å². The van der Waals surface area contributed by atoms with E-state index in [0.29, 0.717) is 0 Å². The monoisotopic (exact) mass is 297 g/mol. The molecule has 0 aliphatic heterocycles. The summed E-state index contributed by atoms with van der Waals surface area (Å²) >= 11 is 0. The Morgan fingerprint density at radius 1 is 1.33 bits per heavy atom. The van der Waals surface area contributed by atoms with E-state index in [4.69, 9.17) is 9.79 Å². The minimum Gasteiger partial charge on any atom is -0.367 e. The highest BCUT2D eigenvalue weighted by molar-refractivity contribution is 7.72. The van der Waals surface area contributed by atoms with Gasteiger partial charge in [0, 0.05) is 25.4 Å². The molecule has 1 heterocycles. The maximum atomic E-state index is 11.6. The highest BCUT2D eigenvalue weighted by Crippen LogP contribution is 2.70. The molecule has 1 rings (SSSR count). The number of hydrogen-bond acceptors (Lipinski definition) is 5. The second-order valence-electron chi connectivity index (χ2n) is 3.52. The first-order valence-electron chi connectivity index (χ1n) is 4.70. The molecule has 0 bridgehead atoms. The standard InChI is InChI=1S/C8H13NO7P2/c1-16-18(14,15)8(10,17(11,12)13)6-7-4-2-3-5-9-7/h2-5,10H,6H2,1H3,(H,14,15)(H2,11,12,13). The fourth-order valence-corrected chi connectivity index (χ4v) is 3.84. The van der Waals surface area contributed by atoms with Crippen molar-refractivity contribution >= 4 is 15.2 Å². The van der Waals surface area contributed by atoms with Crippen molar-refractivity contribution in [2.75, 3.05) is 7.11 Å². The highest BCUT2D eigenvalue weighted by atomic mass is 31.2. The van der Waals surface area contributed by atoms with E-state index < -0.39 is 26.7 Å². The lowest BCUT2D eigenvalue weighted by atomic mass is 10.3. The van der Waals surface area contributed by atoms with Crippen molar-refractivity contribution in [2.24, 2.45) is 0 Å². The molecule has 0 saturated carbocycles. The molecule has 4 N–H and O–H groups in total. The van der Waals surface area contributed by atoms with Gasteiger partial charge in [0.05, 0.1) is 0 Å². The first-order chi connectivity index (χ1) is 8.14. The van der Waals surface area contributed by atoms with Gasteiger partial charge in [-0.05, 0) is 12.1 Å². The number of aliphatic hydroxyl groups is 1. The van der Waals surface area contributed by atoms with Gasteiger partial charge in [-0.1, -0.05) is 6.07 Å². The Labute approximate surface area is 103 Å². The number of hydrogen-bond donors (Lipinski definition) is 4. The third kappa shape index (κ3) is 2.87. The summed E-state index contributed by atoms with van der Waals surface area (Å²) in [4.78, 5) is 31.3. The summed E-state index contributed by atoms with van der Waals surface area (Å²) in [5.41, 5.74) is 0.0506. The van der Waals surface area contributed by atoms with E-state index in [1.54, 1.807) is 6.07 Å². The molecular weight excluding hydrogens is 284 g/mol. The zero-order valence-electron chi connectivity index (χ0n) is 9.37. The Bertz CT molecular complexity index is 501. The molecule has 0 aliphatic carbocycles. The van der Waals surface area contributed by atoms with E-state index in [1.807, 2.05) is 0 Å². The molecule has 0 amide bonds. The largest absolute Gasteiger partial charge is 0.372 e. The van der Waals surface area contributed by atoms with Crippen LogP contribution < -0.4 is 0 Å². The second kappa shape index (κ2) is 5.19. The molecule has 10 heteroatoms. The van der Waals surface area contributed by atoms with Crippen LogP contribution in [0.4, 0.5) is 0 Å². The number of pyridine rings is 1. The van der Waals surface area contributed by atoms with E-state index in [0.717, 1.165) is 7.11 Å². The van der Waals surface area contributed by atoms with E-state index in [2.05, 4.69) is 9.51 Å². The van der Waals surface area contributed by atoms with Gasteiger partial charge < -0.3 is 24.3 Å². The summed E-state index contributed by atoms with van der Waals surface area (Å²) < 4.78 is 27.0. The molecule has 0 radical (unpaired) electrons. The molecule has 0 saturated heterocycles. The Hall–Kier alpha value is -0.590. The van der Waals surface area contributed by atoms with Crippen LogP contribution in [0.1, 0.15) is 5.69 Å². The Kier molecular flexibility index (Phi) is 4.46. The smallest absolute Gasteiger partial charge is 0.367 e. The number of aromatic nitrogens is 1. The lowest BCUT2D eigenvalue weighted by Gasteiger charge is -2.30. The van der Waals surface area contributed by atoms with Crippen LogP contribution in [-0.2, 0) is 20.1 Å². The normalized spacial score (nSPS) is 18.9. The van der Waals surface area contributed by atoms with Crippen LogP contribution >= 0.6 is 15.2 Å². The van der Waals surface area contributed by atoms with Gasteiger partial charge in [-0.3, -0.25) is 14.1 Å². The summed E-state index contributed by atoms with van der Waals surface area (Å²) in [5, 5.41) is 6.67. The van der Waals surface area contributed by atoms with Gasteiger partial charge in [0.15, 0.2) is 0 Å². The van der Waals surface area contributed by atoms with Crippen molar-refractivity contribution in [3.8, 4) is 0 Å². The Balaban J connectivity index is 3.24. The lowest BCUT2D eigenvalue weighted by Crippen LogP contribution is -2.32. The summed E-state index contributed by atoms with van der Waals surface area (Å²) in [7, 11) is -9.47. The van der Waals surface area contributed by atoms with Crippen molar-refractivity contribution in [3.63, 3.8) is 0 Å². The quantitative estimate of drug-likeness (QED) is 0.569. The number of rotatable bonds is 5. The summed E-state index contributed by atoms with van der Waals surface area (Å²) in [5.74, 6) is 0. The summed E-state index contributed by atoms with van der Waals surface area (Å²) in [6, 6.07) is 4.42. The number of nitrogens with zero attached hydrogens (tertiary/aromatic N) is 1. The third-order valence-electron chi connectivity index (χ3n) is 2.31. The fourth-order valence-electron chi connectivity index (χ4n) is 1.26. The first-order valence-corrected chi connectivity index (χ1v) is 7.89. The fraction of sp³-hybridized carbons (Fsp3) is 0.375. The zero-order chi connectivity index (χ0) is 14.0. The summed E-state index contributed by atoms with van der Waals surface area (Å²) in [6.07, 6.45) is 0.518. The van der Waals surface area contributed by atoms with Gasteiger partial charge in [0.1, 0.15) is 0 Å². The molecule has 0 fully saturated rings. The SMILES string of the molecule is COP(=O)(O)C(O)(Cc1ccccn1)P(=O)(O)O. The van der Waals surface area contributed by atoms with Crippen LogP contribution in [0.3, 0.4) is 0 Å². The van der Waals surface area contributed by atoms with Crippen LogP contribution in [-0.4, -0.2) is 37.0 Å². The van der Waals surface area contributed by atoms with Crippen molar-refractivity contribution in [1.29, 1.82) is 0 Å². The van der Waals surface area contributed by atoms with E-state index in [1.165, 1.54) is 18.3 Å². The molecule has 8 nitrogen and oxygen atoms in total. The molecule has 1 aromatic rings. The van der Waals surface area contributed by atoms with Crippen LogP contribution in [0.2, 0.25) is 0 Å². The van der Waals surface area contributed by atoms with Gasteiger partial charge in [0.25, 0.3) is 5.08 Å². The van der Waals surface area contributed by atoms with Gasteiger partial charge in [0.2, 0.25) is 0 Å². The molecule has 0 aromatic carbocycles. The topological polar surface area (TPSA) is 137 Å². The Morgan fingerprint density at radius 3 is 2.33 bits per heavy atom. The van der Waals surface area contributed by atoms with E-state index in [-0.39, 0.29) is 5.69 Å². The van der Waals surface area contributed by atoms with Crippen molar-refractivity contribution in [3.05, 3.63) is 30.1 Å². The van der Waals surface area contributed by atoms with Gasteiger partial charge in [-0.15, -0.1) is 0 Å². The average Bonchev–Trinajstić information content (AvgIpc) is 2.28. The van der Waals surface area contributed by atoms with Crippen molar-refractivity contribution in [1.82, 2.24) is 4.98 Å². The summed E-state index contributed by atoms with van der Waals surface area (Å²) in [6.45, 7) is 0. The minimum absolute atomic E-state index is 0.0506. The maximum Gasteiger partial charge on any atom is 0.372 e. The van der Waals surface area contributed by atoms with Gasteiger partial charge in [-0.2, -0.15) is 0 Å². The molecule has 102 valence electrons. The van der Waals surface area contributed by atoms with Gasteiger partial charge in [-0.25, -0.2) is 0 Å². The van der Waals surface area contributed by atoms with Crippen molar-refractivity contribution in [2.45, 2.75) is 11.5 Å². The second-order valence-corrected chi connectivity index (χ2v) is 7.85. The molecular formula is C8H13NO7P2. The van der Waals surface area contributed by atoms with Crippen molar-refractivity contribution < 1.29 is 33.4 Å². The molecule has 2 atom stereocenters. The first kappa shape index (κ1) is 15.5. The van der Waals surface area contributed by atoms with Crippen LogP contribution in [0.15, 0.2) is 24.4 Å². The predicted octanol–water partition coefficient (Wildman–Crippen LogP) is 0.280. The lowest BCUT2D eigenvalue weighted by molar-refractivity contribution is 0.123. The van der Waals surface area contributed by atoms with E-state index in [9.17, 15) is 19.1 Å². The molecule has 2 unspecified atom stereocenters. The Morgan fingerprint density at radius 2 is 1.94 bits per heavy atom.